The third kappa shape index (κ3) is 4.27. The summed E-state index contributed by atoms with van der Waals surface area (Å²) < 4.78 is 5.47. The van der Waals surface area contributed by atoms with Gasteiger partial charge in [-0.1, -0.05) is 44.7 Å². The maximum Gasteiger partial charge on any atom is 0.263 e. The lowest BCUT2D eigenvalue weighted by Gasteiger charge is -2.19. The van der Waals surface area contributed by atoms with Crippen LogP contribution in [-0.4, -0.2) is 30.0 Å². The fourth-order valence-corrected chi connectivity index (χ4v) is 2.51. The van der Waals surface area contributed by atoms with Gasteiger partial charge < -0.3 is 10.1 Å². The molecule has 4 nitrogen and oxygen atoms in total. The summed E-state index contributed by atoms with van der Waals surface area (Å²) in [7, 11) is 0. The Kier molecular flexibility index (Phi) is 4.70. The van der Waals surface area contributed by atoms with E-state index in [1.54, 1.807) is 11.8 Å². The van der Waals surface area contributed by atoms with Crippen LogP contribution in [0, 0.1) is 0 Å². The Morgan fingerprint density at radius 3 is 2.60 bits per heavy atom. The van der Waals surface area contributed by atoms with E-state index < -0.39 is 0 Å². The van der Waals surface area contributed by atoms with Crippen molar-refractivity contribution in [1.82, 2.24) is 5.32 Å². The van der Waals surface area contributed by atoms with Crippen molar-refractivity contribution >= 4 is 22.8 Å². The van der Waals surface area contributed by atoms with Gasteiger partial charge in [-0.05, 0) is 23.1 Å². The molecule has 1 aliphatic heterocycles. The van der Waals surface area contributed by atoms with Crippen molar-refractivity contribution in [2.45, 2.75) is 26.2 Å². The largest absolute Gasteiger partial charge is 0.484 e. The van der Waals surface area contributed by atoms with Crippen LogP contribution < -0.4 is 10.1 Å². The summed E-state index contributed by atoms with van der Waals surface area (Å²) in [4.78, 5) is 15.8. The number of nitrogens with zero attached hydrogens (tertiary/aromatic N) is 1. The number of aliphatic imine (C=N–C) groups is 1. The molecule has 0 saturated heterocycles. The number of benzene rings is 1. The topological polar surface area (TPSA) is 50.7 Å². The van der Waals surface area contributed by atoms with Crippen LogP contribution in [0.25, 0.3) is 0 Å². The minimum absolute atomic E-state index is 0.00838. The first kappa shape index (κ1) is 14.9. The number of amidine groups is 1. The van der Waals surface area contributed by atoms with Gasteiger partial charge in [0.1, 0.15) is 5.75 Å². The molecule has 0 radical (unpaired) electrons. The number of rotatable bonds is 3. The smallest absolute Gasteiger partial charge is 0.263 e. The number of carbonyl (C=O) groups is 1. The van der Waals surface area contributed by atoms with Gasteiger partial charge in [-0.25, -0.2) is 0 Å². The molecule has 0 spiro atoms. The van der Waals surface area contributed by atoms with E-state index in [-0.39, 0.29) is 17.9 Å². The van der Waals surface area contributed by atoms with E-state index in [0.29, 0.717) is 10.9 Å². The van der Waals surface area contributed by atoms with Gasteiger partial charge >= 0.3 is 0 Å². The van der Waals surface area contributed by atoms with E-state index in [1.165, 1.54) is 5.56 Å². The zero-order chi connectivity index (χ0) is 14.6. The monoisotopic (exact) mass is 292 g/mol. The van der Waals surface area contributed by atoms with Crippen molar-refractivity contribution < 1.29 is 9.53 Å². The van der Waals surface area contributed by atoms with Crippen LogP contribution in [0.5, 0.6) is 5.75 Å². The molecule has 1 aromatic rings. The molecule has 1 amide bonds. The molecule has 1 aromatic carbocycles. The zero-order valence-corrected chi connectivity index (χ0v) is 12.9. The number of carbonyl (C=O) groups excluding carboxylic acids is 1. The highest BCUT2D eigenvalue weighted by Crippen LogP contribution is 2.24. The number of thioether (sulfide) groups is 1. The van der Waals surface area contributed by atoms with Gasteiger partial charge in [-0.15, -0.1) is 0 Å². The minimum atomic E-state index is -0.168. The summed E-state index contributed by atoms with van der Waals surface area (Å²) in [6.45, 7) is 7.27. The van der Waals surface area contributed by atoms with Crippen LogP contribution in [-0.2, 0) is 10.2 Å². The molecule has 0 aromatic heterocycles. The second-order valence-corrected chi connectivity index (χ2v) is 6.73. The van der Waals surface area contributed by atoms with E-state index in [1.807, 2.05) is 24.3 Å². The molecule has 1 N–H and O–H groups in total. The molecular weight excluding hydrogens is 272 g/mol. The molecule has 0 aliphatic carbocycles. The average Bonchev–Trinajstić information content (AvgIpc) is 2.88. The third-order valence-electron chi connectivity index (χ3n) is 2.92. The van der Waals surface area contributed by atoms with E-state index in [0.717, 1.165) is 12.3 Å². The van der Waals surface area contributed by atoms with Crippen molar-refractivity contribution in [2.24, 2.45) is 4.99 Å². The summed E-state index contributed by atoms with van der Waals surface area (Å²) in [5.74, 6) is 1.47. The first-order chi connectivity index (χ1) is 9.45. The van der Waals surface area contributed by atoms with Crippen LogP contribution >= 0.6 is 11.8 Å². The molecule has 0 saturated carbocycles. The normalized spacial score (nSPS) is 14.8. The number of hydrogen-bond donors (Lipinski definition) is 1. The van der Waals surface area contributed by atoms with Gasteiger partial charge in [0.2, 0.25) is 0 Å². The van der Waals surface area contributed by atoms with Gasteiger partial charge in [-0.3, -0.25) is 9.79 Å². The first-order valence-electron chi connectivity index (χ1n) is 6.65. The maximum atomic E-state index is 11.7. The summed E-state index contributed by atoms with van der Waals surface area (Å²) in [5.41, 5.74) is 1.36. The SMILES string of the molecule is CC(C)(C)c1ccc(OCC(=O)NC2=NCCS2)cc1. The van der Waals surface area contributed by atoms with Gasteiger partial charge in [0.05, 0.1) is 6.54 Å². The van der Waals surface area contributed by atoms with E-state index in [2.05, 4.69) is 31.1 Å². The molecule has 0 fully saturated rings. The lowest BCUT2D eigenvalue weighted by atomic mass is 9.87. The zero-order valence-electron chi connectivity index (χ0n) is 12.1. The van der Waals surface area contributed by atoms with Crippen molar-refractivity contribution in [2.75, 3.05) is 18.9 Å². The molecule has 20 heavy (non-hydrogen) atoms. The summed E-state index contributed by atoms with van der Waals surface area (Å²) >= 11 is 1.56. The molecule has 1 aliphatic rings. The van der Waals surface area contributed by atoms with Gasteiger partial charge in [0, 0.05) is 5.75 Å². The van der Waals surface area contributed by atoms with E-state index in [9.17, 15) is 4.79 Å². The Hall–Kier alpha value is -1.49. The average molecular weight is 292 g/mol. The number of hydrogen-bond acceptors (Lipinski definition) is 4. The van der Waals surface area contributed by atoms with E-state index in [4.69, 9.17) is 4.74 Å². The van der Waals surface area contributed by atoms with Crippen LogP contribution in [0.2, 0.25) is 0 Å². The van der Waals surface area contributed by atoms with Crippen molar-refractivity contribution in [3.8, 4) is 5.75 Å². The Morgan fingerprint density at radius 1 is 1.35 bits per heavy atom. The number of ether oxygens (including phenoxy) is 1. The number of amides is 1. The van der Waals surface area contributed by atoms with Crippen molar-refractivity contribution in [3.63, 3.8) is 0 Å². The second-order valence-electron chi connectivity index (χ2n) is 5.65. The predicted octanol–water partition coefficient (Wildman–Crippen LogP) is 2.58. The molecular formula is C15H20N2O2S. The van der Waals surface area contributed by atoms with Crippen LogP contribution in [0.1, 0.15) is 26.3 Å². The lowest BCUT2D eigenvalue weighted by molar-refractivity contribution is -0.121. The van der Waals surface area contributed by atoms with E-state index >= 15 is 0 Å². The lowest BCUT2D eigenvalue weighted by Crippen LogP contribution is -2.32. The van der Waals surface area contributed by atoms with Gasteiger partial charge in [0.25, 0.3) is 5.91 Å². The van der Waals surface area contributed by atoms with Crippen LogP contribution in [0.15, 0.2) is 29.3 Å². The van der Waals surface area contributed by atoms with Crippen LogP contribution in [0.4, 0.5) is 0 Å². The Labute approximate surface area is 124 Å². The fourth-order valence-electron chi connectivity index (χ4n) is 1.77. The molecule has 2 rings (SSSR count). The fraction of sp³-hybridized carbons (Fsp3) is 0.467. The maximum absolute atomic E-state index is 11.7. The molecule has 1 heterocycles. The highest BCUT2D eigenvalue weighted by molar-refractivity contribution is 8.14. The van der Waals surface area contributed by atoms with Crippen molar-refractivity contribution in [1.29, 1.82) is 0 Å². The van der Waals surface area contributed by atoms with Crippen LogP contribution in [0.3, 0.4) is 0 Å². The molecule has 108 valence electrons. The minimum Gasteiger partial charge on any atom is -0.484 e. The molecule has 5 heteroatoms. The quantitative estimate of drug-likeness (QED) is 0.931. The molecule has 0 bridgehead atoms. The molecule has 0 atom stereocenters. The third-order valence-corrected chi connectivity index (χ3v) is 3.81. The standard InChI is InChI=1S/C15H20N2O2S/c1-15(2,3)11-4-6-12(7-5-11)19-10-13(18)17-14-16-8-9-20-14/h4-7H,8-10H2,1-3H3,(H,16,17,18). The number of nitrogens with one attached hydrogen (secondary N) is 1. The summed E-state index contributed by atoms with van der Waals surface area (Å²) in [5, 5.41) is 3.43. The highest BCUT2D eigenvalue weighted by Gasteiger charge is 2.14. The predicted molar refractivity (Wildman–Crippen MR) is 83.5 cm³/mol. The Balaban J connectivity index is 1.83. The second kappa shape index (κ2) is 6.31. The molecule has 0 unspecified atom stereocenters. The van der Waals surface area contributed by atoms with Gasteiger partial charge in [-0.2, -0.15) is 0 Å². The van der Waals surface area contributed by atoms with Gasteiger partial charge in [0.15, 0.2) is 11.8 Å². The Bertz CT molecular complexity index is 504. The highest BCUT2D eigenvalue weighted by atomic mass is 32.2. The summed E-state index contributed by atoms with van der Waals surface area (Å²) in [6.07, 6.45) is 0. The summed E-state index contributed by atoms with van der Waals surface area (Å²) in [6, 6.07) is 7.86. The Morgan fingerprint density at radius 2 is 2.05 bits per heavy atom. The first-order valence-corrected chi connectivity index (χ1v) is 7.64. The van der Waals surface area contributed by atoms with Crippen molar-refractivity contribution in [3.05, 3.63) is 29.8 Å².